The number of nitrogens with one attached hydrogen (secondary N) is 2. The van der Waals surface area contributed by atoms with Crippen molar-refractivity contribution in [3.8, 4) is 0 Å². The molecule has 35 heavy (non-hydrogen) atoms. The molecule has 3 aromatic rings. The van der Waals surface area contributed by atoms with Crippen LogP contribution in [0.3, 0.4) is 0 Å². The second-order valence-electron chi connectivity index (χ2n) is 7.73. The van der Waals surface area contributed by atoms with Crippen molar-refractivity contribution in [2.45, 2.75) is 19.4 Å². The summed E-state index contributed by atoms with van der Waals surface area (Å²) in [6, 6.07) is 18.5. The van der Waals surface area contributed by atoms with Crippen LogP contribution >= 0.6 is 11.6 Å². The minimum Gasteiger partial charge on any atom is -0.462 e. The molecule has 0 aromatic heterocycles. The second-order valence-corrected chi connectivity index (χ2v) is 8.13. The summed E-state index contributed by atoms with van der Waals surface area (Å²) in [6.45, 7) is 1.97. The van der Waals surface area contributed by atoms with Crippen LogP contribution in [0, 0.1) is 0 Å². The molecule has 8 nitrogen and oxygen atoms in total. The van der Waals surface area contributed by atoms with Gasteiger partial charge in [-0.05, 0) is 55.5 Å². The normalized spacial score (nSPS) is 14.5. The number of hydrogen-bond donors (Lipinski definition) is 2. The fourth-order valence-electron chi connectivity index (χ4n) is 3.78. The van der Waals surface area contributed by atoms with E-state index in [1.54, 1.807) is 67.6 Å². The van der Waals surface area contributed by atoms with Gasteiger partial charge in [0.15, 0.2) is 0 Å². The Balaban J connectivity index is 1.58. The fourth-order valence-corrected chi connectivity index (χ4v) is 4.00. The largest absolute Gasteiger partial charge is 0.462 e. The van der Waals surface area contributed by atoms with Crippen molar-refractivity contribution >= 4 is 52.4 Å². The van der Waals surface area contributed by atoms with Crippen LogP contribution in [-0.2, 0) is 14.3 Å². The van der Waals surface area contributed by atoms with Gasteiger partial charge in [-0.15, -0.1) is 0 Å². The molecule has 9 heteroatoms. The van der Waals surface area contributed by atoms with Crippen LogP contribution in [-0.4, -0.2) is 36.3 Å². The molecule has 1 atom stereocenters. The number of esters is 1. The Morgan fingerprint density at radius 3 is 2.40 bits per heavy atom. The molecule has 2 N–H and O–H groups in total. The molecule has 1 heterocycles. The monoisotopic (exact) mass is 491 g/mol. The van der Waals surface area contributed by atoms with Crippen LogP contribution in [0.5, 0.6) is 0 Å². The van der Waals surface area contributed by atoms with Gasteiger partial charge in [-0.3, -0.25) is 19.3 Å². The number of carbonyl (C=O) groups is 4. The maximum atomic E-state index is 13.5. The predicted octanol–water partition coefficient (Wildman–Crippen LogP) is 4.51. The Morgan fingerprint density at radius 2 is 1.69 bits per heavy atom. The molecule has 3 amide bonds. The van der Waals surface area contributed by atoms with E-state index >= 15 is 0 Å². The lowest BCUT2D eigenvalue weighted by Crippen LogP contribution is -2.52. The lowest BCUT2D eigenvalue weighted by Gasteiger charge is -2.36. The summed E-state index contributed by atoms with van der Waals surface area (Å²) in [5.41, 5.74) is 1.93. The van der Waals surface area contributed by atoms with Gasteiger partial charge in [-0.1, -0.05) is 35.9 Å². The highest BCUT2D eigenvalue weighted by Gasteiger charge is 2.39. The molecule has 0 saturated heterocycles. The number of nitrogens with zero attached hydrogens (tertiary/aromatic N) is 1. The van der Waals surface area contributed by atoms with E-state index in [1.165, 1.54) is 17.0 Å². The molecule has 0 aliphatic carbocycles. The number of benzene rings is 3. The van der Waals surface area contributed by atoms with Gasteiger partial charge in [0.2, 0.25) is 11.8 Å². The third-order valence-electron chi connectivity index (χ3n) is 5.42. The number of hydrogen-bond acceptors (Lipinski definition) is 5. The van der Waals surface area contributed by atoms with E-state index in [2.05, 4.69) is 10.6 Å². The van der Waals surface area contributed by atoms with E-state index in [9.17, 15) is 19.2 Å². The minimum atomic E-state index is -1.10. The molecule has 0 unspecified atom stereocenters. The van der Waals surface area contributed by atoms with Crippen molar-refractivity contribution in [1.82, 2.24) is 0 Å². The van der Waals surface area contributed by atoms with E-state index in [0.717, 1.165) is 0 Å². The van der Waals surface area contributed by atoms with E-state index in [1.807, 2.05) is 0 Å². The first-order valence-electron chi connectivity index (χ1n) is 10.9. The van der Waals surface area contributed by atoms with Gasteiger partial charge in [-0.25, -0.2) is 4.79 Å². The second kappa shape index (κ2) is 10.4. The smallest absolute Gasteiger partial charge is 0.338 e. The summed E-state index contributed by atoms with van der Waals surface area (Å²) in [6.07, 6.45) is -0.296. The standard InChI is InChI=1S/C26H22ClN3O5/c1-2-35-26(34)16-11-13-17(14-12-16)28-23(31)15-22-24(32)29-20-9-5-6-10-21(20)30(22)25(33)18-7-3-4-8-19(18)27/h3-14,22H,2,15H2,1H3,(H,28,31)(H,29,32)/t22-/m1/s1. The maximum absolute atomic E-state index is 13.5. The minimum absolute atomic E-state index is 0.221. The van der Waals surface area contributed by atoms with Gasteiger partial charge in [0, 0.05) is 5.69 Å². The van der Waals surface area contributed by atoms with Crippen LogP contribution in [0.4, 0.5) is 17.1 Å². The van der Waals surface area contributed by atoms with Crippen molar-refractivity contribution in [3.05, 3.63) is 88.9 Å². The number of carbonyl (C=O) groups excluding carboxylic acids is 4. The van der Waals surface area contributed by atoms with Gasteiger partial charge in [0.25, 0.3) is 5.91 Å². The van der Waals surface area contributed by atoms with Crippen molar-refractivity contribution in [3.63, 3.8) is 0 Å². The van der Waals surface area contributed by atoms with Crippen molar-refractivity contribution in [1.29, 1.82) is 0 Å². The molecule has 0 saturated carbocycles. The average Bonchev–Trinajstić information content (AvgIpc) is 2.85. The van der Waals surface area contributed by atoms with Gasteiger partial charge in [0.1, 0.15) is 6.04 Å². The zero-order valence-corrected chi connectivity index (χ0v) is 19.5. The first-order chi connectivity index (χ1) is 16.9. The highest BCUT2D eigenvalue weighted by molar-refractivity contribution is 6.35. The van der Waals surface area contributed by atoms with Crippen LogP contribution in [0.2, 0.25) is 5.02 Å². The lowest BCUT2D eigenvalue weighted by atomic mass is 10.0. The Morgan fingerprint density at radius 1 is 1.00 bits per heavy atom. The topological polar surface area (TPSA) is 105 Å². The first kappa shape index (κ1) is 24.0. The zero-order chi connectivity index (χ0) is 24.9. The van der Waals surface area contributed by atoms with E-state index < -0.39 is 29.7 Å². The van der Waals surface area contributed by atoms with Crippen LogP contribution in [0.1, 0.15) is 34.1 Å². The Kier molecular flexibility index (Phi) is 7.12. The number of anilines is 3. The van der Waals surface area contributed by atoms with Gasteiger partial charge < -0.3 is 15.4 Å². The van der Waals surface area contributed by atoms with E-state index in [4.69, 9.17) is 16.3 Å². The summed E-state index contributed by atoms with van der Waals surface area (Å²) < 4.78 is 4.95. The number of halogens is 1. The molecule has 0 radical (unpaired) electrons. The highest BCUT2D eigenvalue weighted by atomic mass is 35.5. The van der Waals surface area contributed by atoms with Gasteiger partial charge >= 0.3 is 5.97 Å². The molecule has 0 spiro atoms. The third-order valence-corrected chi connectivity index (χ3v) is 5.75. The lowest BCUT2D eigenvalue weighted by molar-refractivity contribution is -0.122. The number of rotatable bonds is 6. The van der Waals surface area contributed by atoms with Crippen molar-refractivity contribution in [2.75, 3.05) is 22.1 Å². The summed E-state index contributed by atoms with van der Waals surface area (Å²) in [4.78, 5) is 52.5. The summed E-state index contributed by atoms with van der Waals surface area (Å²) in [5, 5.41) is 5.71. The summed E-state index contributed by atoms with van der Waals surface area (Å²) in [5.74, 6) is -1.92. The quantitative estimate of drug-likeness (QED) is 0.493. The van der Waals surface area contributed by atoms with Crippen LogP contribution < -0.4 is 15.5 Å². The average molecular weight is 492 g/mol. The molecule has 3 aromatic carbocycles. The Bertz CT molecular complexity index is 1290. The number of amides is 3. The predicted molar refractivity (Wildman–Crippen MR) is 133 cm³/mol. The molecule has 0 fully saturated rings. The van der Waals surface area contributed by atoms with Gasteiger partial charge in [0.05, 0.1) is 40.6 Å². The number of ether oxygens (including phenoxy) is 1. The molecular formula is C26H22ClN3O5. The molecule has 178 valence electrons. The number of para-hydroxylation sites is 2. The molecule has 0 bridgehead atoms. The number of fused-ring (bicyclic) bond motifs is 1. The summed E-state index contributed by atoms with van der Waals surface area (Å²) >= 11 is 6.26. The molecule has 1 aliphatic heterocycles. The van der Waals surface area contributed by atoms with Gasteiger partial charge in [-0.2, -0.15) is 0 Å². The van der Waals surface area contributed by atoms with Crippen molar-refractivity contribution in [2.24, 2.45) is 0 Å². The maximum Gasteiger partial charge on any atom is 0.338 e. The molecule has 4 rings (SSSR count). The molecular weight excluding hydrogens is 470 g/mol. The highest BCUT2D eigenvalue weighted by Crippen LogP contribution is 2.35. The third kappa shape index (κ3) is 5.17. The zero-order valence-electron chi connectivity index (χ0n) is 18.8. The summed E-state index contributed by atoms with van der Waals surface area (Å²) in [7, 11) is 0. The van der Waals surface area contributed by atoms with Crippen molar-refractivity contribution < 1.29 is 23.9 Å². The van der Waals surface area contributed by atoms with E-state index in [0.29, 0.717) is 22.6 Å². The molecule has 1 aliphatic rings. The van der Waals surface area contributed by atoms with Crippen LogP contribution in [0.15, 0.2) is 72.8 Å². The SMILES string of the molecule is CCOC(=O)c1ccc(NC(=O)C[C@@H]2C(=O)Nc3ccccc3N2C(=O)c2ccccc2Cl)cc1. The first-order valence-corrected chi connectivity index (χ1v) is 11.3. The van der Waals surface area contributed by atoms with E-state index in [-0.39, 0.29) is 23.6 Å². The Hall–Kier alpha value is -4.17. The fraction of sp³-hybridized carbons (Fsp3) is 0.154. The Labute approximate surface area is 206 Å². The van der Waals surface area contributed by atoms with Crippen LogP contribution in [0.25, 0.3) is 0 Å².